The molecule has 1 aromatic carbocycles. The first-order chi connectivity index (χ1) is 9.10. The predicted molar refractivity (Wildman–Crippen MR) is 78.5 cm³/mol. The van der Waals surface area contributed by atoms with Crippen LogP contribution in [-0.2, 0) is 6.42 Å². The number of H-pyrrole nitrogens is 1. The second-order valence-corrected chi connectivity index (χ2v) is 5.38. The zero-order valence-corrected chi connectivity index (χ0v) is 12.2. The van der Waals surface area contributed by atoms with Gasteiger partial charge in [-0.1, -0.05) is 19.9 Å². The van der Waals surface area contributed by atoms with Crippen LogP contribution in [0.1, 0.15) is 31.7 Å². The molecule has 0 aliphatic carbocycles. The number of ether oxygens (including phenoxy) is 1. The summed E-state index contributed by atoms with van der Waals surface area (Å²) < 4.78 is 5.44. The molecule has 2 aromatic rings. The lowest BCUT2D eigenvalue weighted by Crippen LogP contribution is -1.94. The largest absolute Gasteiger partial charge is 0.496 e. The van der Waals surface area contributed by atoms with Gasteiger partial charge in [0, 0.05) is 12.0 Å². The van der Waals surface area contributed by atoms with E-state index in [0.29, 0.717) is 5.92 Å². The molecule has 19 heavy (non-hydrogen) atoms. The van der Waals surface area contributed by atoms with Crippen LogP contribution in [0.3, 0.4) is 0 Å². The van der Waals surface area contributed by atoms with Gasteiger partial charge in [0.05, 0.1) is 19.0 Å². The van der Waals surface area contributed by atoms with Crippen LogP contribution in [0.25, 0.3) is 11.3 Å². The van der Waals surface area contributed by atoms with Gasteiger partial charge in [0.1, 0.15) is 11.6 Å². The molecule has 1 N–H and O–H groups in total. The van der Waals surface area contributed by atoms with Gasteiger partial charge in [-0.15, -0.1) is 0 Å². The first-order valence-corrected chi connectivity index (χ1v) is 6.79. The van der Waals surface area contributed by atoms with Crippen molar-refractivity contribution in [2.24, 2.45) is 5.92 Å². The number of rotatable bonds is 5. The molecule has 2 rings (SSSR count). The average Bonchev–Trinajstić information content (AvgIpc) is 2.84. The Morgan fingerprint density at radius 3 is 2.79 bits per heavy atom. The summed E-state index contributed by atoms with van der Waals surface area (Å²) in [4.78, 5) is 7.84. The quantitative estimate of drug-likeness (QED) is 0.880. The third-order valence-corrected chi connectivity index (χ3v) is 3.23. The number of nitrogens with zero attached hydrogens (tertiary/aromatic N) is 1. The number of benzene rings is 1. The third kappa shape index (κ3) is 3.37. The lowest BCUT2D eigenvalue weighted by atomic mass is 10.1. The Kier molecular flexibility index (Phi) is 4.25. The van der Waals surface area contributed by atoms with Crippen molar-refractivity contribution in [2.75, 3.05) is 7.11 Å². The fourth-order valence-electron chi connectivity index (χ4n) is 2.07. The van der Waals surface area contributed by atoms with Crippen LogP contribution in [0.5, 0.6) is 5.75 Å². The highest BCUT2D eigenvalue weighted by Crippen LogP contribution is 2.29. The van der Waals surface area contributed by atoms with E-state index in [4.69, 9.17) is 4.74 Å². The molecule has 0 aliphatic heterocycles. The standard InChI is InChI=1S/C16H22N2O/c1-11(2)5-8-16-17-10-14(18-16)13-7-6-12(3)9-15(13)19-4/h6-7,9-11H,5,8H2,1-4H3,(H,17,18). The number of hydrogen-bond acceptors (Lipinski definition) is 2. The minimum atomic E-state index is 0.697. The highest BCUT2D eigenvalue weighted by molar-refractivity contribution is 5.67. The van der Waals surface area contributed by atoms with Crippen LogP contribution < -0.4 is 4.74 Å². The topological polar surface area (TPSA) is 37.9 Å². The maximum absolute atomic E-state index is 5.44. The summed E-state index contributed by atoms with van der Waals surface area (Å²) >= 11 is 0. The van der Waals surface area contributed by atoms with Crippen molar-refractivity contribution in [2.45, 2.75) is 33.6 Å². The molecule has 0 spiro atoms. The van der Waals surface area contributed by atoms with Crippen molar-refractivity contribution in [3.63, 3.8) is 0 Å². The summed E-state index contributed by atoms with van der Waals surface area (Å²) in [6, 6.07) is 6.21. The molecule has 1 heterocycles. The highest BCUT2D eigenvalue weighted by Gasteiger charge is 2.09. The van der Waals surface area contributed by atoms with E-state index >= 15 is 0 Å². The molecular formula is C16H22N2O. The number of aromatic nitrogens is 2. The maximum atomic E-state index is 5.44. The zero-order valence-electron chi connectivity index (χ0n) is 12.2. The second-order valence-electron chi connectivity index (χ2n) is 5.38. The molecule has 1 aromatic heterocycles. The summed E-state index contributed by atoms with van der Waals surface area (Å²) in [7, 11) is 1.70. The van der Waals surface area contributed by atoms with Crippen molar-refractivity contribution in [1.82, 2.24) is 9.97 Å². The minimum Gasteiger partial charge on any atom is -0.496 e. The Morgan fingerprint density at radius 2 is 2.11 bits per heavy atom. The number of hydrogen-bond donors (Lipinski definition) is 1. The molecule has 0 bridgehead atoms. The SMILES string of the molecule is COc1cc(C)ccc1-c1cnc(CCC(C)C)[nH]1. The number of methoxy groups -OCH3 is 1. The van der Waals surface area contributed by atoms with Gasteiger partial charge in [-0.2, -0.15) is 0 Å². The van der Waals surface area contributed by atoms with Gasteiger partial charge in [-0.3, -0.25) is 0 Å². The van der Waals surface area contributed by atoms with E-state index in [-0.39, 0.29) is 0 Å². The van der Waals surface area contributed by atoms with E-state index in [1.54, 1.807) is 7.11 Å². The van der Waals surface area contributed by atoms with E-state index in [2.05, 4.69) is 42.9 Å². The fourth-order valence-corrected chi connectivity index (χ4v) is 2.07. The zero-order chi connectivity index (χ0) is 13.8. The van der Waals surface area contributed by atoms with Crippen LogP contribution in [0.15, 0.2) is 24.4 Å². The number of nitrogens with one attached hydrogen (secondary N) is 1. The van der Waals surface area contributed by atoms with Crippen molar-refractivity contribution < 1.29 is 4.74 Å². The Hall–Kier alpha value is -1.77. The number of imidazole rings is 1. The average molecular weight is 258 g/mol. The van der Waals surface area contributed by atoms with E-state index in [1.165, 1.54) is 5.56 Å². The Morgan fingerprint density at radius 1 is 1.32 bits per heavy atom. The molecule has 3 nitrogen and oxygen atoms in total. The van der Waals surface area contributed by atoms with E-state index in [0.717, 1.165) is 35.7 Å². The normalized spacial score (nSPS) is 11.0. The Bertz CT molecular complexity index is 543. The molecule has 0 saturated carbocycles. The lowest BCUT2D eigenvalue weighted by Gasteiger charge is -2.07. The molecule has 0 fully saturated rings. The molecule has 0 saturated heterocycles. The molecule has 0 unspecified atom stereocenters. The lowest BCUT2D eigenvalue weighted by molar-refractivity contribution is 0.416. The van der Waals surface area contributed by atoms with Crippen molar-refractivity contribution in [1.29, 1.82) is 0 Å². The van der Waals surface area contributed by atoms with E-state index in [9.17, 15) is 0 Å². The fraction of sp³-hybridized carbons (Fsp3) is 0.438. The second kappa shape index (κ2) is 5.91. The van der Waals surface area contributed by atoms with Gasteiger partial charge in [0.25, 0.3) is 0 Å². The van der Waals surface area contributed by atoms with Gasteiger partial charge in [-0.05, 0) is 37.0 Å². The van der Waals surface area contributed by atoms with Gasteiger partial charge >= 0.3 is 0 Å². The Balaban J connectivity index is 2.22. The van der Waals surface area contributed by atoms with Crippen LogP contribution in [0.4, 0.5) is 0 Å². The van der Waals surface area contributed by atoms with Gasteiger partial charge in [-0.25, -0.2) is 4.98 Å². The molecule has 0 amide bonds. The summed E-state index contributed by atoms with van der Waals surface area (Å²) in [6.07, 6.45) is 4.03. The van der Waals surface area contributed by atoms with Gasteiger partial charge in [0.2, 0.25) is 0 Å². The Labute approximate surface area is 115 Å². The first-order valence-electron chi connectivity index (χ1n) is 6.79. The monoisotopic (exact) mass is 258 g/mol. The smallest absolute Gasteiger partial charge is 0.128 e. The molecule has 3 heteroatoms. The van der Waals surface area contributed by atoms with Gasteiger partial charge in [0.15, 0.2) is 0 Å². The van der Waals surface area contributed by atoms with Crippen LogP contribution in [-0.4, -0.2) is 17.1 Å². The van der Waals surface area contributed by atoms with Crippen LogP contribution >= 0.6 is 0 Å². The van der Waals surface area contributed by atoms with Crippen molar-refractivity contribution >= 4 is 0 Å². The number of aromatic amines is 1. The summed E-state index contributed by atoms with van der Waals surface area (Å²) in [6.45, 7) is 6.52. The summed E-state index contributed by atoms with van der Waals surface area (Å²) in [5, 5.41) is 0. The van der Waals surface area contributed by atoms with Crippen LogP contribution in [0, 0.1) is 12.8 Å². The van der Waals surface area contributed by atoms with Crippen molar-refractivity contribution in [3.8, 4) is 17.0 Å². The van der Waals surface area contributed by atoms with Crippen molar-refractivity contribution in [3.05, 3.63) is 35.8 Å². The van der Waals surface area contributed by atoms with Gasteiger partial charge < -0.3 is 9.72 Å². The van der Waals surface area contributed by atoms with E-state index in [1.807, 2.05) is 12.3 Å². The third-order valence-electron chi connectivity index (χ3n) is 3.23. The minimum absolute atomic E-state index is 0.697. The summed E-state index contributed by atoms with van der Waals surface area (Å²) in [5.74, 6) is 2.63. The van der Waals surface area contributed by atoms with Crippen LogP contribution in [0.2, 0.25) is 0 Å². The first kappa shape index (κ1) is 13.7. The molecular weight excluding hydrogens is 236 g/mol. The van der Waals surface area contributed by atoms with E-state index < -0.39 is 0 Å². The number of aryl methyl sites for hydroxylation is 2. The summed E-state index contributed by atoms with van der Waals surface area (Å²) in [5.41, 5.74) is 3.28. The predicted octanol–water partition coefficient (Wildman–Crippen LogP) is 3.98. The molecule has 0 radical (unpaired) electrons. The molecule has 0 aliphatic rings. The maximum Gasteiger partial charge on any atom is 0.128 e. The molecule has 102 valence electrons. The molecule has 0 atom stereocenters. The highest BCUT2D eigenvalue weighted by atomic mass is 16.5.